The molecule has 1 atom stereocenters. The van der Waals surface area contributed by atoms with Gasteiger partial charge in [-0.3, -0.25) is 9.59 Å². The van der Waals surface area contributed by atoms with E-state index in [9.17, 15) is 9.59 Å². The van der Waals surface area contributed by atoms with Gasteiger partial charge >= 0.3 is 0 Å². The van der Waals surface area contributed by atoms with Gasteiger partial charge in [0.25, 0.3) is 0 Å². The van der Waals surface area contributed by atoms with Crippen molar-refractivity contribution in [2.24, 2.45) is 0 Å². The van der Waals surface area contributed by atoms with E-state index in [-0.39, 0.29) is 24.3 Å². The van der Waals surface area contributed by atoms with Gasteiger partial charge in [-0.05, 0) is 19.3 Å². The van der Waals surface area contributed by atoms with Crippen molar-refractivity contribution in [3.05, 3.63) is 34.8 Å². The lowest BCUT2D eigenvalue weighted by atomic mass is 9.97. The first-order valence-electron chi connectivity index (χ1n) is 9.14. The maximum Gasteiger partial charge on any atom is 0.242 e. The molecule has 0 saturated carbocycles. The molecule has 2 saturated heterocycles. The normalized spacial score (nSPS) is 20.8. The van der Waals surface area contributed by atoms with E-state index in [1.54, 1.807) is 16.2 Å². The van der Waals surface area contributed by atoms with Crippen molar-refractivity contribution >= 4 is 23.2 Å². The number of carbonyl (C=O) groups is 2. The molecule has 8 heteroatoms. The Kier molecular flexibility index (Phi) is 5.01. The number of rotatable bonds is 5. The van der Waals surface area contributed by atoms with Crippen LogP contribution in [-0.4, -0.2) is 62.3 Å². The lowest BCUT2D eigenvalue weighted by molar-refractivity contribution is -0.139. The fourth-order valence-corrected chi connectivity index (χ4v) is 4.40. The van der Waals surface area contributed by atoms with Crippen LogP contribution in [0.25, 0.3) is 0 Å². The molecule has 0 unspecified atom stereocenters. The molecule has 0 spiro atoms. The minimum Gasteiger partial charge on any atom is -0.340 e. The molecule has 2 aromatic rings. The predicted octanol–water partition coefficient (Wildman–Crippen LogP) is 1.72. The summed E-state index contributed by atoms with van der Waals surface area (Å²) >= 11 is 1.59. The summed E-state index contributed by atoms with van der Waals surface area (Å²) in [6.07, 6.45) is 7.24. The molecule has 4 rings (SSSR count). The highest BCUT2D eigenvalue weighted by Gasteiger charge is 2.30. The van der Waals surface area contributed by atoms with E-state index in [4.69, 9.17) is 0 Å². The van der Waals surface area contributed by atoms with Crippen LogP contribution in [0.4, 0.5) is 0 Å². The number of aromatic nitrogens is 3. The molecule has 2 aliphatic heterocycles. The maximum atomic E-state index is 12.7. The summed E-state index contributed by atoms with van der Waals surface area (Å²) in [4.78, 5) is 36.9. The predicted molar refractivity (Wildman–Crippen MR) is 97.8 cm³/mol. The molecule has 0 aromatic carbocycles. The second-order valence-corrected chi connectivity index (χ2v) is 7.71. The SMILES string of the molecule is O=C1CCCN1CC(=O)N1CCC[C@H](c2nccn2Cc2cscn2)C1. The van der Waals surface area contributed by atoms with Gasteiger partial charge in [0.05, 0.1) is 24.3 Å². The van der Waals surface area contributed by atoms with Crippen LogP contribution >= 0.6 is 11.3 Å². The number of carbonyl (C=O) groups excluding carboxylic acids is 2. The number of piperidine rings is 1. The average Bonchev–Trinajstić information content (AvgIpc) is 3.39. The standard InChI is InChI=1S/C18H23N5O2S/c24-16-4-2-7-22(16)11-17(25)21-6-1-3-14(9-21)18-19-5-8-23(18)10-15-12-26-13-20-15/h5,8,12-14H,1-4,6-7,9-11H2/t14-/m0/s1. The van der Waals surface area contributed by atoms with E-state index in [2.05, 4.69) is 14.5 Å². The zero-order chi connectivity index (χ0) is 17.9. The van der Waals surface area contributed by atoms with Gasteiger partial charge in [-0.2, -0.15) is 0 Å². The number of nitrogens with zero attached hydrogens (tertiary/aromatic N) is 5. The van der Waals surface area contributed by atoms with Gasteiger partial charge in [0, 0.05) is 49.7 Å². The fraction of sp³-hybridized carbons (Fsp3) is 0.556. The van der Waals surface area contributed by atoms with Crippen molar-refractivity contribution in [2.75, 3.05) is 26.2 Å². The van der Waals surface area contributed by atoms with Gasteiger partial charge < -0.3 is 14.4 Å². The monoisotopic (exact) mass is 373 g/mol. The van der Waals surface area contributed by atoms with Crippen molar-refractivity contribution in [3.8, 4) is 0 Å². The molecule has 0 radical (unpaired) electrons. The van der Waals surface area contributed by atoms with E-state index in [0.717, 1.165) is 37.3 Å². The third-order valence-electron chi connectivity index (χ3n) is 5.20. The van der Waals surface area contributed by atoms with Crippen molar-refractivity contribution in [3.63, 3.8) is 0 Å². The van der Waals surface area contributed by atoms with Crippen LogP contribution < -0.4 is 0 Å². The number of hydrogen-bond acceptors (Lipinski definition) is 5. The van der Waals surface area contributed by atoms with Crippen LogP contribution in [0.2, 0.25) is 0 Å². The summed E-state index contributed by atoms with van der Waals surface area (Å²) in [6, 6.07) is 0. The third kappa shape index (κ3) is 3.65. The molecular formula is C18H23N5O2S. The van der Waals surface area contributed by atoms with E-state index in [1.807, 2.05) is 28.2 Å². The number of hydrogen-bond donors (Lipinski definition) is 0. The molecule has 138 valence electrons. The van der Waals surface area contributed by atoms with Crippen LogP contribution in [-0.2, 0) is 16.1 Å². The summed E-state index contributed by atoms with van der Waals surface area (Å²) in [5.74, 6) is 1.41. The highest BCUT2D eigenvalue weighted by molar-refractivity contribution is 7.07. The van der Waals surface area contributed by atoms with E-state index in [0.29, 0.717) is 26.1 Å². The summed E-state index contributed by atoms with van der Waals surface area (Å²) < 4.78 is 2.14. The van der Waals surface area contributed by atoms with Gasteiger partial charge in [0.2, 0.25) is 11.8 Å². The highest BCUT2D eigenvalue weighted by Crippen LogP contribution is 2.26. The first-order chi connectivity index (χ1) is 12.7. The highest BCUT2D eigenvalue weighted by atomic mass is 32.1. The Hall–Kier alpha value is -2.22. The molecule has 0 N–H and O–H groups in total. The lowest BCUT2D eigenvalue weighted by Crippen LogP contribution is -2.45. The van der Waals surface area contributed by atoms with Crippen molar-refractivity contribution in [1.29, 1.82) is 0 Å². The molecule has 26 heavy (non-hydrogen) atoms. The second-order valence-electron chi connectivity index (χ2n) is 6.99. The first-order valence-corrected chi connectivity index (χ1v) is 10.1. The first kappa shape index (κ1) is 17.2. The van der Waals surface area contributed by atoms with Crippen LogP contribution in [0, 0.1) is 0 Å². The van der Waals surface area contributed by atoms with Crippen LogP contribution in [0.1, 0.15) is 43.1 Å². The Morgan fingerprint density at radius 3 is 2.96 bits per heavy atom. The second kappa shape index (κ2) is 7.57. The van der Waals surface area contributed by atoms with Crippen molar-refractivity contribution in [1.82, 2.24) is 24.3 Å². The molecule has 2 amide bonds. The fourth-order valence-electron chi connectivity index (χ4n) is 3.85. The Labute approximate surface area is 156 Å². The minimum absolute atomic E-state index is 0.0579. The summed E-state index contributed by atoms with van der Waals surface area (Å²) in [5, 5.41) is 2.05. The minimum atomic E-state index is 0.0579. The van der Waals surface area contributed by atoms with Gasteiger partial charge in [0.15, 0.2) is 0 Å². The molecule has 4 heterocycles. The maximum absolute atomic E-state index is 12.7. The van der Waals surface area contributed by atoms with E-state index < -0.39 is 0 Å². The van der Waals surface area contributed by atoms with Crippen molar-refractivity contribution in [2.45, 2.75) is 38.1 Å². The largest absolute Gasteiger partial charge is 0.340 e. The molecule has 2 aromatic heterocycles. The van der Waals surface area contributed by atoms with E-state index in [1.165, 1.54) is 0 Å². The number of likely N-dealkylation sites (tertiary alicyclic amines) is 2. The van der Waals surface area contributed by atoms with Gasteiger partial charge in [-0.25, -0.2) is 9.97 Å². The number of imidazole rings is 1. The summed E-state index contributed by atoms with van der Waals surface area (Å²) in [5.41, 5.74) is 2.87. The number of thiazole rings is 1. The lowest BCUT2D eigenvalue weighted by Gasteiger charge is -2.33. The molecular weight excluding hydrogens is 350 g/mol. The smallest absolute Gasteiger partial charge is 0.242 e. The quantitative estimate of drug-likeness (QED) is 0.800. The zero-order valence-electron chi connectivity index (χ0n) is 14.7. The van der Waals surface area contributed by atoms with Gasteiger partial charge in [-0.1, -0.05) is 0 Å². The van der Waals surface area contributed by atoms with Crippen LogP contribution in [0.15, 0.2) is 23.3 Å². The van der Waals surface area contributed by atoms with Crippen LogP contribution in [0.5, 0.6) is 0 Å². The number of amides is 2. The molecule has 7 nitrogen and oxygen atoms in total. The molecule has 0 aliphatic carbocycles. The molecule has 0 bridgehead atoms. The third-order valence-corrected chi connectivity index (χ3v) is 5.84. The van der Waals surface area contributed by atoms with Crippen LogP contribution in [0.3, 0.4) is 0 Å². The van der Waals surface area contributed by atoms with Gasteiger partial charge in [-0.15, -0.1) is 11.3 Å². The Morgan fingerprint density at radius 2 is 2.19 bits per heavy atom. The Balaban J connectivity index is 1.41. The Morgan fingerprint density at radius 1 is 1.27 bits per heavy atom. The topological polar surface area (TPSA) is 71.3 Å². The average molecular weight is 373 g/mol. The summed E-state index contributed by atoms with van der Waals surface area (Å²) in [7, 11) is 0. The summed E-state index contributed by atoms with van der Waals surface area (Å²) in [6.45, 7) is 3.09. The van der Waals surface area contributed by atoms with E-state index >= 15 is 0 Å². The van der Waals surface area contributed by atoms with Gasteiger partial charge in [0.1, 0.15) is 5.82 Å². The molecule has 2 aliphatic rings. The zero-order valence-corrected chi connectivity index (χ0v) is 15.5. The Bertz CT molecular complexity index is 772. The van der Waals surface area contributed by atoms with Crippen molar-refractivity contribution < 1.29 is 9.59 Å². The molecule has 2 fully saturated rings.